The zero-order valence-electron chi connectivity index (χ0n) is 12.8. The van der Waals surface area contributed by atoms with Crippen molar-refractivity contribution in [1.29, 1.82) is 0 Å². The fraction of sp³-hybridized carbons (Fsp3) is 0.533. The second kappa shape index (κ2) is 6.66. The number of aryl methyl sites for hydroxylation is 1. The van der Waals surface area contributed by atoms with Gasteiger partial charge in [0.05, 0.1) is 12.6 Å². The number of nitrogens with one attached hydrogen (secondary N) is 1. The Kier molecular flexibility index (Phi) is 5.08. The topological polar surface area (TPSA) is 98.5 Å². The molecule has 3 N–H and O–H groups in total. The summed E-state index contributed by atoms with van der Waals surface area (Å²) in [6.45, 7) is 4.31. The third-order valence-electron chi connectivity index (χ3n) is 3.48. The predicted molar refractivity (Wildman–Crippen MR) is 83.0 cm³/mol. The van der Waals surface area contributed by atoms with Crippen LogP contribution < -0.4 is 15.2 Å². The maximum atomic E-state index is 12.4. The van der Waals surface area contributed by atoms with Crippen LogP contribution in [-0.4, -0.2) is 27.0 Å². The third kappa shape index (κ3) is 3.78. The summed E-state index contributed by atoms with van der Waals surface area (Å²) in [5.74, 6) is -0.148. The van der Waals surface area contributed by atoms with Crippen LogP contribution in [0.4, 0.5) is 0 Å². The van der Waals surface area contributed by atoms with Gasteiger partial charge in [0, 0.05) is 0 Å². The normalized spacial score (nSPS) is 15.8. The summed E-state index contributed by atoms with van der Waals surface area (Å²) < 4.78 is 32.4. The van der Waals surface area contributed by atoms with Gasteiger partial charge in [0.2, 0.25) is 0 Å². The zero-order chi connectivity index (χ0) is 16.3. The molecule has 0 saturated heterocycles. The maximum absolute atomic E-state index is 12.4. The molecule has 0 spiro atoms. The van der Waals surface area contributed by atoms with E-state index in [-0.39, 0.29) is 10.8 Å². The first kappa shape index (κ1) is 16.8. The lowest BCUT2D eigenvalue weighted by Crippen LogP contribution is -2.44. The van der Waals surface area contributed by atoms with Gasteiger partial charge < -0.3 is 10.5 Å². The number of rotatable bonds is 5. The Labute approximate surface area is 131 Å². The van der Waals surface area contributed by atoms with Crippen molar-refractivity contribution in [3.8, 4) is 5.75 Å². The molecule has 1 aliphatic heterocycles. The highest BCUT2D eigenvalue weighted by molar-refractivity contribution is 7.90. The molecule has 0 fully saturated rings. The largest absolute Gasteiger partial charge is 0.492 e. The van der Waals surface area contributed by atoms with Crippen molar-refractivity contribution in [1.82, 2.24) is 4.72 Å². The molecule has 122 valence electrons. The first-order valence-electron chi connectivity index (χ1n) is 7.38. The first-order chi connectivity index (χ1) is 10.3. The second-order valence-electron chi connectivity index (χ2n) is 5.90. The summed E-state index contributed by atoms with van der Waals surface area (Å²) in [7, 11) is -3.99. The summed E-state index contributed by atoms with van der Waals surface area (Å²) in [5, 5.41) is 0. The van der Waals surface area contributed by atoms with Gasteiger partial charge in [-0.25, -0.2) is 13.1 Å². The Morgan fingerprint density at radius 2 is 2.14 bits per heavy atom. The molecular weight excluding hydrogens is 304 g/mol. The summed E-state index contributed by atoms with van der Waals surface area (Å²) in [5.41, 5.74) is 6.57. The Morgan fingerprint density at radius 3 is 2.82 bits per heavy atom. The van der Waals surface area contributed by atoms with Gasteiger partial charge >= 0.3 is 0 Å². The summed E-state index contributed by atoms with van der Waals surface area (Å²) >= 11 is 0. The van der Waals surface area contributed by atoms with Crippen molar-refractivity contribution in [2.24, 2.45) is 11.7 Å². The van der Waals surface area contributed by atoms with Crippen LogP contribution >= 0.6 is 0 Å². The SMILES string of the molecule is CC(C)C[C@H](N)C(=O)NS(=O)(=O)c1cccc2c1OCCC2. The minimum absolute atomic E-state index is 0.00482. The number of amides is 1. The lowest BCUT2D eigenvalue weighted by molar-refractivity contribution is -0.120. The van der Waals surface area contributed by atoms with E-state index < -0.39 is 22.0 Å². The zero-order valence-corrected chi connectivity index (χ0v) is 13.7. The number of ether oxygens (including phenoxy) is 1. The van der Waals surface area contributed by atoms with Crippen molar-refractivity contribution < 1.29 is 17.9 Å². The molecule has 0 aliphatic carbocycles. The minimum atomic E-state index is -3.99. The van der Waals surface area contributed by atoms with Crippen LogP contribution in [0.3, 0.4) is 0 Å². The molecule has 1 atom stereocenters. The van der Waals surface area contributed by atoms with Gasteiger partial charge in [-0.1, -0.05) is 26.0 Å². The van der Waals surface area contributed by atoms with E-state index in [4.69, 9.17) is 10.5 Å². The predicted octanol–water partition coefficient (Wildman–Crippen LogP) is 1.19. The van der Waals surface area contributed by atoms with Crippen molar-refractivity contribution in [2.45, 2.75) is 44.0 Å². The van der Waals surface area contributed by atoms with Gasteiger partial charge in [-0.05, 0) is 36.8 Å². The van der Waals surface area contributed by atoms with E-state index in [2.05, 4.69) is 4.72 Å². The third-order valence-corrected chi connectivity index (χ3v) is 4.85. The van der Waals surface area contributed by atoms with Crippen molar-refractivity contribution in [3.63, 3.8) is 0 Å². The molecular formula is C15H22N2O4S. The fourth-order valence-corrected chi connectivity index (χ4v) is 3.67. The number of carbonyl (C=O) groups excluding carboxylic acids is 1. The number of hydrogen-bond donors (Lipinski definition) is 2. The van der Waals surface area contributed by atoms with Crippen LogP contribution in [0.25, 0.3) is 0 Å². The average Bonchev–Trinajstić information content (AvgIpc) is 2.45. The molecule has 0 radical (unpaired) electrons. The van der Waals surface area contributed by atoms with Crippen molar-refractivity contribution >= 4 is 15.9 Å². The van der Waals surface area contributed by atoms with E-state index in [1.165, 1.54) is 6.07 Å². The van der Waals surface area contributed by atoms with Crippen LogP contribution in [0, 0.1) is 5.92 Å². The molecule has 1 aromatic rings. The minimum Gasteiger partial charge on any atom is -0.492 e. The monoisotopic (exact) mass is 326 g/mol. The molecule has 22 heavy (non-hydrogen) atoms. The van der Waals surface area contributed by atoms with Crippen LogP contribution in [0.1, 0.15) is 32.3 Å². The number of para-hydroxylation sites is 1. The molecule has 0 bridgehead atoms. The maximum Gasteiger partial charge on any atom is 0.267 e. The van der Waals surface area contributed by atoms with E-state index in [1.807, 2.05) is 19.9 Å². The molecule has 1 heterocycles. The molecule has 7 heteroatoms. The lowest BCUT2D eigenvalue weighted by atomic mass is 10.0. The molecule has 0 unspecified atom stereocenters. The standard InChI is InChI=1S/C15H22N2O4S/c1-10(2)9-12(16)15(18)17-22(19,20)13-7-3-5-11-6-4-8-21-14(11)13/h3,5,7,10,12H,4,6,8-9,16H2,1-2H3,(H,17,18)/t12-/m0/s1. The summed E-state index contributed by atoms with van der Waals surface area (Å²) in [6, 6.07) is 4.07. The van der Waals surface area contributed by atoms with Gasteiger partial charge in [-0.15, -0.1) is 0 Å². The van der Waals surface area contributed by atoms with E-state index in [0.717, 1.165) is 18.4 Å². The average molecular weight is 326 g/mol. The van der Waals surface area contributed by atoms with E-state index in [0.29, 0.717) is 18.8 Å². The fourth-order valence-electron chi connectivity index (χ4n) is 2.45. The Hall–Kier alpha value is -1.60. The van der Waals surface area contributed by atoms with Gasteiger partial charge in [0.15, 0.2) is 0 Å². The number of sulfonamides is 1. The number of carbonyl (C=O) groups is 1. The van der Waals surface area contributed by atoms with E-state index in [1.54, 1.807) is 6.07 Å². The van der Waals surface area contributed by atoms with Crippen LogP contribution in [0.5, 0.6) is 5.75 Å². The lowest BCUT2D eigenvalue weighted by Gasteiger charge is -2.21. The first-order valence-corrected chi connectivity index (χ1v) is 8.86. The Balaban J connectivity index is 2.23. The summed E-state index contributed by atoms with van der Waals surface area (Å²) in [6.07, 6.45) is 2.03. The number of fused-ring (bicyclic) bond motifs is 1. The molecule has 6 nitrogen and oxygen atoms in total. The van der Waals surface area contributed by atoms with Gasteiger partial charge in [0.25, 0.3) is 15.9 Å². The van der Waals surface area contributed by atoms with Gasteiger partial charge in [-0.2, -0.15) is 0 Å². The molecule has 1 aromatic carbocycles. The van der Waals surface area contributed by atoms with Crippen molar-refractivity contribution in [3.05, 3.63) is 23.8 Å². The highest BCUT2D eigenvalue weighted by Crippen LogP contribution is 2.31. The molecule has 0 saturated carbocycles. The molecule has 1 aliphatic rings. The van der Waals surface area contributed by atoms with Gasteiger partial charge in [-0.3, -0.25) is 4.79 Å². The van der Waals surface area contributed by atoms with Gasteiger partial charge in [0.1, 0.15) is 10.6 Å². The number of benzene rings is 1. The van der Waals surface area contributed by atoms with E-state index in [9.17, 15) is 13.2 Å². The summed E-state index contributed by atoms with van der Waals surface area (Å²) in [4.78, 5) is 12.0. The van der Waals surface area contributed by atoms with Crippen LogP contribution in [0.15, 0.2) is 23.1 Å². The van der Waals surface area contributed by atoms with Crippen LogP contribution in [0.2, 0.25) is 0 Å². The molecule has 0 aromatic heterocycles. The number of nitrogens with two attached hydrogens (primary N) is 1. The smallest absolute Gasteiger partial charge is 0.267 e. The van der Waals surface area contributed by atoms with Crippen LogP contribution in [-0.2, 0) is 21.2 Å². The Morgan fingerprint density at radius 1 is 1.41 bits per heavy atom. The Bertz CT molecular complexity index is 656. The second-order valence-corrected chi connectivity index (χ2v) is 7.55. The highest BCUT2D eigenvalue weighted by Gasteiger charge is 2.27. The highest BCUT2D eigenvalue weighted by atomic mass is 32.2. The number of hydrogen-bond acceptors (Lipinski definition) is 5. The van der Waals surface area contributed by atoms with Crippen molar-refractivity contribution in [2.75, 3.05) is 6.61 Å². The molecule has 2 rings (SSSR count). The molecule has 1 amide bonds. The quantitative estimate of drug-likeness (QED) is 0.847. The van der Waals surface area contributed by atoms with E-state index >= 15 is 0 Å².